The van der Waals surface area contributed by atoms with Crippen LogP contribution < -0.4 is 15.8 Å². The van der Waals surface area contributed by atoms with Crippen LogP contribution in [0.25, 0.3) is 0 Å². The van der Waals surface area contributed by atoms with Gasteiger partial charge in [-0.2, -0.15) is 0 Å². The molecular weight excluding hydrogens is 254 g/mol. The summed E-state index contributed by atoms with van der Waals surface area (Å²) >= 11 is 0. The van der Waals surface area contributed by atoms with Gasteiger partial charge in [0.25, 0.3) is 0 Å². The number of nitrogens with zero attached hydrogens (tertiary/aromatic N) is 1. The van der Waals surface area contributed by atoms with E-state index in [2.05, 4.69) is 10.3 Å². The average molecular weight is 277 g/mol. The fourth-order valence-corrected chi connectivity index (χ4v) is 2.62. The Morgan fingerprint density at radius 2 is 2.25 bits per heavy atom. The maximum absolute atomic E-state index is 12.4. The van der Waals surface area contributed by atoms with E-state index >= 15 is 0 Å². The molecule has 1 heterocycles. The van der Waals surface area contributed by atoms with Crippen LogP contribution in [0.2, 0.25) is 0 Å². The molecule has 2 unspecified atom stereocenters. The van der Waals surface area contributed by atoms with Crippen LogP contribution in [0, 0.1) is 5.92 Å². The Balaban J connectivity index is 2.06. The first-order chi connectivity index (χ1) is 9.72. The largest absolute Gasteiger partial charge is 0.476 e. The van der Waals surface area contributed by atoms with Crippen LogP contribution in [-0.2, 0) is 4.79 Å². The van der Waals surface area contributed by atoms with E-state index < -0.39 is 0 Å². The Kier molecular flexibility index (Phi) is 5.35. The second-order valence-electron chi connectivity index (χ2n) is 5.19. The lowest BCUT2D eigenvalue weighted by Gasteiger charge is -2.21. The van der Waals surface area contributed by atoms with E-state index in [0.717, 1.165) is 32.1 Å². The second-order valence-corrected chi connectivity index (χ2v) is 5.19. The number of ether oxygens (including phenoxy) is 1. The van der Waals surface area contributed by atoms with Gasteiger partial charge in [0.15, 0.2) is 0 Å². The summed E-state index contributed by atoms with van der Waals surface area (Å²) in [6, 6.07) is 3.54. The van der Waals surface area contributed by atoms with E-state index in [4.69, 9.17) is 10.5 Å². The molecule has 0 radical (unpaired) electrons. The first kappa shape index (κ1) is 14.8. The fourth-order valence-electron chi connectivity index (χ4n) is 2.62. The van der Waals surface area contributed by atoms with Crippen molar-refractivity contribution in [1.29, 1.82) is 0 Å². The molecule has 1 aliphatic carbocycles. The molecule has 0 aromatic carbocycles. The number of anilines is 1. The molecule has 1 aromatic heterocycles. The molecule has 1 aromatic rings. The number of rotatable bonds is 4. The molecule has 2 rings (SSSR count). The van der Waals surface area contributed by atoms with Crippen molar-refractivity contribution in [3.8, 4) is 5.88 Å². The topological polar surface area (TPSA) is 77.2 Å². The number of carbonyl (C=O) groups excluding carboxylic acids is 1. The van der Waals surface area contributed by atoms with Crippen molar-refractivity contribution in [1.82, 2.24) is 4.98 Å². The molecule has 3 N–H and O–H groups in total. The molecule has 2 atom stereocenters. The summed E-state index contributed by atoms with van der Waals surface area (Å²) in [7, 11) is 0. The van der Waals surface area contributed by atoms with Gasteiger partial charge in [0.05, 0.1) is 12.5 Å². The van der Waals surface area contributed by atoms with Crippen LogP contribution in [-0.4, -0.2) is 23.5 Å². The maximum Gasteiger partial charge on any atom is 0.237 e. The molecule has 0 spiro atoms. The smallest absolute Gasteiger partial charge is 0.237 e. The van der Waals surface area contributed by atoms with Crippen molar-refractivity contribution in [3.05, 3.63) is 18.3 Å². The standard InChI is InChI=1S/C15H23N3O2/c1-2-20-15-13(9-6-10-17-15)18-14(19)11-7-4-3-5-8-12(11)16/h6,9-12H,2-5,7-8,16H2,1H3,(H,18,19). The van der Waals surface area contributed by atoms with Crippen molar-refractivity contribution >= 4 is 11.6 Å². The lowest BCUT2D eigenvalue weighted by atomic mass is 9.94. The maximum atomic E-state index is 12.4. The molecule has 20 heavy (non-hydrogen) atoms. The SMILES string of the molecule is CCOc1ncccc1NC(=O)C1CCCCCC1N. The number of hydrogen-bond acceptors (Lipinski definition) is 4. The average Bonchev–Trinajstić information content (AvgIpc) is 2.66. The summed E-state index contributed by atoms with van der Waals surface area (Å²) in [6.45, 7) is 2.41. The molecule has 0 aliphatic heterocycles. The molecule has 5 heteroatoms. The molecule has 1 amide bonds. The highest BCUT2D eigenvalue weighted by Crippen LogP contribution is 2.26. The number of carbonyl (C=O) groups is 1. The minimum absolute atomic E-state index is 0.0200. The van der Waals surface area contributed by atoms with Crippen LogP contribution in [0.15, 0.2) is 18.3 Å². The van der Waals surface area contributed by atoms with Crippen LogP contribution in [0.5, 0.6) is 5.88 Å². The molecule has 110 valence electrons. The third kappa shape index (κ3) is 3.70. The Labute approximate surface area is 119 Å². The van der Waals surface area contributed by atoms with Crippen molar-refractivity contribution in [2.75, 3.05) is 11.9 Å². The zero-order chi connectivity index (χ0) is 14.4. The minimum atomic E-state index is -0.118. The quantitative estimate of drug-likeness (QED) is 0.828. The number of amides is 1. The predicted octanol–water partition coefficient (Wildman–Crippen LogP) is 2.33. The van der Waals surface area contributed by atoms with Gasteiger partial charge in [0, 0.05) is 12.2 Å². The third-order valence-corrected chi connectivity index (χ3v) is 3.72. The van der Waals surface area contributed by atoms with E-state index in [9.17, 15) is 4.79 Å². The fraction of sp³-hybridized carbons (Fsp3) is 0.600. The predicted molar refractivity (Wildman–Crippen MR) is 78.6 cm³/mol. The van der Waals surface area contributed by atoms with Crippen LogP contribution in [0.3, 0.4) is 0 Å². The highest BCUT2D eigenvalue weighted by Gasteiger charge is 2.27. The van der Waals surface area contributed by atoms with Crippen LogP contribution in [0.1, 0.15) is 39.0 Å². The van der Waals surface area contributed by atoms with E-state index in [-0.39, 0.29) is 17.9 Å². The number of nitrogens with two attached hydrogens (primary N) is 1. The van der Waals surface area contributed by atoms with Gasteiger partial charge in [-0.25, -0.2) is 4.98 Å². The molecule has 1 saturated carbocycles. The van der Waals surface area contributed by atoms with Gasteiger partial charge < -0.3 is 15.8 Å². The van der Waals surface area contributed by atoms with Gasteiger partial charge in [-0.1, -0.05) is 19.3 Å². The van der Waals surface area contributed by atoms with Crippen molar-refractivity contribution in [2.24, 2.45) is 11.7 Å². The van der Waals surface area contributed by atoms with E-state index in [1.807, 2.05) is 6.92 Å². The number of nitrogens with one attached hydrogen (secondary N) is 1. The van der Waals surface area contributed by atoms with Gasteiger partial charge in [-0.15, -0.1) is 0 Å². The summed E-state index contributed by atoms with van der Waals surface area (Å²) in [5.41, 5.74) is 6.74. The van der Waals surface area contributed by atoms with E-state index in [0.29, 0.717) is 18.2 Å². The van der Waals surface area contributed by atoms with Gasteiger partial charge in [-0.3, -0.25) is 4.79 Å². The Morgan fingerprint density at radius 1 is 1.45 bits per heavy atom. The molecule has 0 saturated heterocycles. The summed E-state index contributed by atoms with van der Waals surface area (Å²) in [5, 5.41) is 2.92. The molecule has 1 fully saturated rings. The molecule has 1 aliphatic rings. The molecule has 0 bridgehead atoms. The summed E-state index contributed by atoms with van der Waals surface area (Å²) < 4.78 is 5.42. The molecule has 5 nitrogen and oxygen atoms in total. The second kappa shape index (κ2) is 7.24. The van der Waals surface area contributed by atoms with E-state index in [1.165, 1.54) is 0 Å². The van der Waals surface area contributed by atoms with Gasteiger partial charge >= 0.3 is 0 Å². The third-order valence-electron chi connectivity index (χ3n) is 3.72. The Bertz CT molecular complexity index is 450. The first-order valence-corrected chi connectivity index (χ1v) is 7.36. The lowest BCUT2D eigenvalue weighted by molar-refractivity contribution is -0.120. The Hall–Kier alpha value is -1.62. The van der Waals surface area contributed by atoms with Crippen LogP contribution >= 0.6 is 0 Å². The monoisotopic (exact) mass is 277 g/mol. The summed E-state index contributed by atoms with van der Waals surface area (Å²) in [5.74, 6) is 0.325. The minimum Gasteiger partial charge on any atom is -0.476 e. The number of aromatic nitrogens is 1. The Morgan fingerprint density at radius 3 is 3.05 bits per heavy atom. The normalized spacial score (nSPS) is 22.9. The summed E-state index contributed by atoms with van der Waals surface area (Å²) in [4.78, 5) is 16.5. The van der Waals surface area contributed by atoms with E-state index in [1.54, 1.807) is 18.3 Å². The zero-order valence-corrected chi connectivity index (χ0v) is 12.0. The number of pyridine rings is 1. The highest BCUT2D eigenvalue weighted by molar-refractivity contribution is 5.94. The lowest BCUT2D eigenvalue weighted by Crippen LogP contribution is -2.37. The zero-order valence-electron chi connectivity index (χ0n) is 12.0. The van der Waals surface area contributed by atoms with Crippen molar-refractivity contribution < 1.29 is 9.53 Å². The first-order valence-electron chi connectivity index (χ1n) is 7.36. The van der Waals surface area contributed by atoms with Gasteiger partial charge in [0.2, 0.25) is 11.8 Å². The van der Waals surface area contributed by atoms with Crippen molar-refractivity contribution in [3.63, 3.8) is 0 Å². The van der Waals surface area contributed by atoms with Gasteiger partial charge in [0.1, 0.15) is 5.69 Å². The van der Waals surface area contributed by atoms with Gasteiger partial charge in [-0.05, 0) is 31.9 Å². The number of hydrogen-bond donors (Lipinski definition) is 2. The van der Waals surface area contributed by atoms with Crippen LogP contribution in [0.4, 0.5) is 5.69 Å². The highest BCUT2D eigenvalue weighted by atomic mass is 16.5. The summed E-state index contributed by atoms with van der Waals surface area (Å²) in [6.07, 6.45) is 6.77. The van der Waals surface area contributed by atoms with Crippen molar-refractivity contribution in [2.45, 2.75) is 45.1 Å². The molecular formula is C15H23N3O2.